The predicted molar refractivity (Wildman–Crippen MR) is 116 cm³/mol. The van der Waals surface area contributed by atoms with E-state index in [2.05, 4.69) is 9.97 Å². The van der Waals surface area contributed by atoms with E-state index in [4.69, 9.17) is 11.5 Å². The molecule has 1 aromatic carbocycles. The van der Waals surface area contributed by atoms with Crippen molar-refractivity contribution in [2.45, 2.75) is 24.2 Å². The highest BCUT2D eigenvalue weighted by atomic mass is 32.2. The van der Waals surface area contributed by atoms with Gasteiger partial charge in [0.1, 0.15) is 22.9 Å². The van der Waals surface area contributed by atoms with Crippen LogP contribution in [0.15, 0.2) is 47.1 Å². The Morgan fingerprint density at radius 2 is 1.73 bits per heavy atom. The first-order valence-electron chi connectivity index (χ1n) is 9.50. The summed E-state index contributed by atoms with van der Waals surface area (Å²) in [6.45, 7) is 1.89. The fourth-order valence-electron chi connectivity index (χ4n) is 2.97. The van der Waals surface area contributed by atoms with Crippen LogP contribution in [0.4, 0.5) is 32.2 Å². The molecule has 3 rings (SSSR count). The molecule has 0 aliphatic heterocycles. The van der Waals surface area contributed by atoms with Crippen LogP contribution >= 0.6 is 11.8 Å². The minimum absolute atomic E-state index is 0.0294. The van der Waals surface area contributed by atoms with Gasteiger partial charge in [-0.2, -0.15) is 26.3 Å². The lowest BCUT2D eigenvalue weighted by atomic mass is 10.0. The van der Waals surface area contributed by atoms with Crippen LogP contribution < -0.4 is 11.5 Å². The molecule has 0 aliphatic carbocycles. The maximum atomic E-state index is 12.8. The Kier molecular flexibility index (Phi) is 6.68. The summed E-state index contributed by atoms with van der Waals surface area (Å²) in [7, 11) is 1.53. The van der Waals surface area contributed by atoms with E-state index < -0.39 is 23.6 Å². The Balaban J connectivity index is 2.06. The average Bonchev–Trinajstić information content (AvgIpc) is 3.01. The Hall–Kier alpha value is -3.15. The Morgan fingerprint density at radius 3 is 2.27 bits per heavy atom. The molecule has 0 saturated carbocycles. The van der Waals surface area contributed by atoms with Gasteiger partial charge in [-0.05, 0) is 35.6 Å². The number of alkyl halides is 6. The lowest BCUT2D eigenvalue weighted by Gasteiger charge is -2.11. The van der Waals surface area contributed by atoms with Gasteiger partial charge in [-0.3, -0.25) is 4.98 Å². The highest BCUT2D eigenvalue weighted by Crippen LogP contribution is 2.36. The quantitative estimate of drug-likeness (QED) is 0.355. The second-order valence-corrected chi connectivity index (χ2v) is 8.25. The molecule has 2 heterocycles. The van der Waals surface area contributed by atoms with Crippen molar-refractivity contribution in [1.29, 1.82) is 0 Å². The van der Waals surface area contributed by atoms with Crippen molar-refractivity contribution in [3.05, 3.63) is 53.5 Å². The number of thioether (sulfide) groups is 1. The summed E-state index contributed by atoms with van der Waals surface area (Å²) in [6, 6.07) is 6.41. The summed E-state index contributed by atoms with van der Waals surface area (Å²) in [5, 5.41) is 0. The van der Waals surface area contributed by atoms with Crippen LogP contribution in [0.1, 0.15) is 18.2 Å². The predicted octanol–water partition coefficient (Wildman–Crippen LogP) is 5.72. The third-order valence-electron chi connectivity index (χ3n) is 4.70. The minimum atomic E-state index is -4.73. The van der Waals surface area contributed by atoms with Gasteiger partial charge >= 0.3 is 12.4 Å². The Morgan fingerprint density at radius 1 is 1.09 bits per heavy atom. The maximum Gasteiger partial charge on any atom is 0.430 e. The third-order valence-corrected chi connectivity index (χ3v) is 5.61. The first-order chi connectivity index (χ1) is 15.3. The highest BCUT2D eigenvalue weighted by molar-refractivity contribution is 7.99. The zero-order valence-corrected chi connectivity index (χ0v) is 18.2. The molecule has 0 spiro atoms. The number of anilines is 1. The van der Waals surface area contributed by atoms with Gasteiger partial charge in [0.15, 0.2) is 5.82 Å². The van der Waals surface area contributed by atoms with Crippen molar-refractivity contribution in [2.75, 3.05) is 11.5 Å². The molecule has 2 aromatic heterocycles. The van der Waals surface area contributed by atoms with E-state index in [1.807, 2.05) is 6.92 Å². The zero-order chi connectivity index (χ0) is 24.6. The average molecular weight is 487 g/mol. The summed E-state index contributed by atoms with van der Waals surface area (Å²) < 4.78 is 78.3. The lowest BCUT2D eigenvalue weighted by Crippen LogP contribution is -2.19. The molecule has 0 atom stereocenters. The van der Waals surface area contributed by atoms with Gasteiger partial charge in [-0.15, -0.1) is 11.8 Å². The second-order valence-electron chi connectivity index (χ2n) is 6.94. The van der Waals surface area contributed by atoms with E-state index in [9.17, 15) is 26.3 Å². The van der Waals surface area contributed by atoms with Crippen molar-refractivity contribution < 1.29 is 26.3 Å². The number of rotatable bonds is 5. The van der Waals surface area contributed by atoms with Gasteiger partial charge in [0, 0.05) is 23.7 Å². The molecular formula is C21H19F6N5S. The zero-order valence-electron chi connectivity index (χ0n) is 17.4. The molecular weight excluding hydrogens is 468 g/mol. The molecule has 0 unspecified atom stereocenters. The van der Waals surface area contributed by atoms with Crippen molar-refractivity contribution in [1.82, 2.24) is 14.5 Å². The number of aromatic nitrogens is 3. The van der Waals surface area contributed by atoms with Gasteiger partial charge < -0.3 is 16.0 Å². The van der Waals surface area contributed by atoms with Crippen LogP contribution in [-0.2, 0) is 13.2 Å². The summed E-state index contributed by atoms with van der Waals surface area (Å²) in [6.07, 6.45) is -7.05. The first-order valence-corrected chi connectivity index (χ1v) is 10.5. The molecule has 0 saturated heterocycles. The highest BCUT2D eigenvalue weighted by Gasteiger charge is 2.32. The molecule has 0 amide bonds. The van der Waals surface area contributed by atoms with Gasteiger partial charge in [0.25, 0.3) is 0 Å². The number of nitrogen functional groups attached to an aromatic ring is 1. The molecule has 3 aromatic rings. The molecule has 0 bridgehead atoms. The fourth-order valence-corrected chi connectivity index (χ4v) is 3.77. The van der Waals surface area contributed by atoms with E-state index in [-0.39, 0.29) is 17.3 Å². The monoisotopic (exact) mass is 487 g/mol. The first kappa shape index (κ1) is 24.5. The van der Waals surface area contributed by atoms with Crippen molar-refractivity contribution >= 4 is 23.7 Å². The van der Waals surface area contributed by atoms with Gasteiger partial charge in [0.2, 0.25) is 0 Å². The SMILES string of the molecule is CCSc1cc(-c2ccc(C(F)(F)F)cc2)cnc1-c1nc(/C=C(\N)C(F)(F)F)c(N)n1C. The normalized spacial score (nSPS) is 12.9. The molecule has 0 fully saturated rings. The molecule has 0 radical (unpaired) electrons. The molecule has 33 heavy (non-hydrogen) atoms. The summed E-state index contributed by atoms with van der Waals surface area (Å²) in [4.78, 5) is 9.24. The lowest BCUT2D eigenvalue weighted by molar-refractivity contribution is -0.137. The van der Waals surface area contributed by atoms with Crippen molar-refractivity contribution in [3.8, 4) is 22.6 Å². The number of allylic oxidation sites excluding steroid dienone is 1. The fraction of sp³-hybridized carbons (Fsp3) is 0.238. The van der Waals surface area contributed by atoms with Gasteiger partial charge in [-0.25, -0.2) is 4.98 Å². The number of benzene rings is 1. The van der Waals surface area contributed by atoms with Crippen LogP contribution in [-0.4, -0.2) is 26.5 Å². The number of hydrogen-bond acceptors (Lipinski definition) is 5. The molecule has 5 nitrogen and oxygen atoms in total. The van der Waals surface area contributed by atoms with E-state index in [1.165, 1.54) is 41.7 Å². The minimum Gasteiger partial charge on any atom is -0.395 e. The Labute approximate surface area is 189 Å². The molecule has 0 aliphatic rings. The maximum absolute atomic E-state index is 12.8. The summed E-state index contributed by atoms with van der Waals surface area (Å²) >= 11 is 1.40. The largest absolute Gasteiger partial charge is 0.430 e. The molecule has 176 valence electrons. The molecule has 12 heteroatoms. The second kappa shape index (κ2) is 9.00. The number of imidazole rings is 1. The number of halogens is 6. The standard InChI is InChI=1S/C21H19F6N5S/c1-3-33-15-8-12(11-4-6-13(7-5-11)20(22,23)24)10-30-17(15)19-31-14(18(29)32(19)2)9-16(28)21(25,26)27/h4-10H,3,28-29H2,1-2H3/b16-9-. The van der Waals surface area contributed by atoms with Crippen LogP contribution in [0.25, 0.3) is 28.7 Å². The van der Waals surface area contributed by atoms with E-state index in [1.54, 1.807) is 6.07 Å². The Bertz CT molecular complexity index is 1180. The van der Waals surface area contributed by atoms with E-state index in [0.717, 1.165) is 12.1 Å². The smallest absolute Gasteiger partial charge is 0.395 e. The van der Waals surface area contributed by atoms with Gasteiger partial charge in [-0.1, -0.05) is 19.1 Å². The van der Waals surface area contributed by atoms with E-state index in [0.29, 0.717) is 33.5 Å². The van der Waals surface area contributed by atoms with Crippen LogP contribution in [0.2, 0.25) is 0 Å². The van der Waals surface area contributed by atoms with Gasteiger partial charge in [0.05, 0.1) is 5.56 Å². The van der Waals surface area contributed by atoms with E-state index >= 15 is 0 Å². The van der Waals surface area contributed by atoms with Crippen LogP contribution in [0.5, 0.6) is 0 Å². The molecule has 4 N–H and O–H groups in total. The number of pyridine rings is 1. The van der Waals surface area contributed by atoms with Crippen molar-refractivity contribution in [2.24, 2.45) is 12.8 Å². The number of nitrogens with two attached hydrogens (primary N) is 2. The van der Waals surface area contributed by atoms with Crippen LogP contribution in [0, 0.1) is 0 Å². The number of nitrogens with zero attached hydrogens (tertiary/aromatic N) is 3. The topological polar surface area (TPSA) is 82.8 Å². The van der Waals surface area contributed by atoms with Crippen molar-refractivity contribution in [3.63, 3.8) is 0 Å². The summed E-state index contributed by atoms with van der Waals surface area (Å²) in [5.41, 5.74) is 10.2. The number of hydrogen-bond donors (Lipinski definition) is 2. The third kappa shape index (κ3) is 5.27. The van der Waals surface area contributed by atoms with Crippen LogP contribution in [0.3, 0.4) is 0 Å². The summed E-state index contributed by atoms with van der Waals surface area (Å²) in [5.74, 6) is 0.834.